The summed E-state index contributed by atoms with van der Waals surface area (Å²) in [4.78, 5) is 9.75. The molecule has 2 aromatic rings. The molecule has 1 atom stereocenters. The fourth-order valence-corrected chi connectivity index (χ4v) is 2.61. The summed E-state index contributed by atoms with van der Waals surface area (Å²) in [5, 5.41) is 0. The molecule has 112 valence electrons. The van der Waals surface area contributed by atoms with Crippen LogP contribution in [0.15, 0.2) is 16.5 Å². The number of benzene rings is 1. The number of nitrogen functional groups attached to an aromatic ring is 1. The van der Waals surface area contributed by atoms with E-state index in [0.717, 1.165) is 30.5 Å². The molecule has 0 amide bonds. The van der Waals surface area contributed by atoms with Crippen molar-refractivity contribution < 1.29 is 9.25 Å². The Balaban J connectivity index is 0.000001000. The van der Waals surface area contributed by atoms with Gasteiger partial charge in [-0.1, -0.05) is 6.07 Å². The Kier molecular flexibility index (Phi) is 6.07. The minimum Gasteiger partial charge on any atom is -0.424 e. The van der Waals surface area contributed by atoms with Crippen molar-refractivity contribution in [2.45, 2.75) is 25.7 Å². The van der Waals surface area contributed by atoms with Crippen molar-refractivity contribution in [1.29, 1.82) is 0 Å². The topological polar surface area (TPSA) is 73.3 Å². The van der Waals surface area contributed by atoms with Gasteiger partial charge < -0.3 is 15.0 Å². The van der Waals surface area contributed by atoms with Crippen LogP contribution in [0, 0.1) is 6.92 Å². The molecule has 7 heteroatoms. The Morgan fingerprint density at radius 3 is 2.95 bits per heavy atom. The van der Waals surface area contributed by atoms with E-state index in [2.05, 4.69) is 23.5 Å². The van der Waals surface area contributed by atoms with E-state index in [1.165, 1.54) is 11.1 Å². The molecular weight excluding hydrogens is 301 g/mol. The number of hydrogen-bond donors (Lipinski definition) is 2. The third kappa shape index (κ3) is 3.17. The molecule has 20 heavy (non-hydrogen) atoms. The molecule has 0 saturated carbocycles. The number of fused-ring (bicyclic) bond motifs is 1. The lowest BCUT2D eigenvalue weighted by molar-refractivity contribution is 0.0454. The molecule has 0 radical (unpaired) electrons. The number of anilines is 1. The average molecular weight is 320 g/mol. The number of aromatic nitrogens is 1. The van der Waals surface area contributed by atoms with Gasteiger partial charge in [-0.3, -0.25) is 0 Å². The second kappa shape index (κ2) is 7.13. The Morgan fingerprint density at radius 2 is 2.15 bits per heavy atom. The zero-order chi connectivity index (χ0) is 12.5. The molecule has 1 aromatic carbocycles. The van der Waals surface area contributed by atoms with Crippen LogP contribution in [0.2, 0.25) is 0 Å². The highest BCUT2D eigenvalue weighted by atomic mass is 35.5. The summed E-state index contributed by atoms with van der Waals surface area (Å²) in [5.41, 5.74) is 12.7. The smallest absolute Gasteiger partial charge is 0.292 e. The second-order valence-corrected chi connectivity index (χ2v) is 4.74. The van der Waals surface area contributed by atoms with Gasteiger partial charge in [-0.2, -0.15) is 4.98 Å². The van der Waals surface area contributed by atoms with Gasteiger partial charge in [-0.05, 0) is 37.0 Å². The number of nitrogens with zero attached hydrogens (tertiary/aromatic N) is 1. The van der Waals surface area contributed by atoms with Gasteiger partial charge in [-0.25, -0.2) is 5.48 Å². The molecule has 1 saturated heterocycles. The van der Waals surface area contributed by atoms with Crippen LogP contribution in [0.5, 0.6) is 0 Å². The monoisotopic (exact) mass is 319 g/mol. The molecule has 0 bridgehead atoms. The van der Waals surface area contributed by atoms with E-state index in [1.54, 1.807) is 0 Å². The lowest BCUT2D eigenvalue weighted by Crippen LogP contribution is -2.15. The third-order valence-corrected chi connectivity index (χ3v) is 3.46. The van der Waals surface area contributed by atoms with Crippen molar-refractivity contribution >= 4 is 41.9 Å². The third-order valence-electron chi connectivity index (χ3n) is 3.46. The van der Waals surface area contributed by atoms with E-state index in [-0.39, 0.29) is 30.8 Å². The molecule has 1 aliphatic rings. The summed E-state index contributed by atoms with van der Waals surface area (Å²) in [5.74, 6) is 0.341. The van der Waals surface area contributed by atoms with Gasteiger partial charge in [0, 0.05) is 12.5 Å². The minimum absolute atomic E-state index is 0. The van der Waals surface area contributed by atoms with Gasteiger partial charge in [0.1, 0.15) is 5.52 Å². The van der Waals surface area contributed by atoms with E-state index >= 15 is 0 Å². The zero-order valence-electron chi connectivity index (χ0n) is 11.2. The van der Waals surface area contributed by atoms with Crippen molar-refractivity contribution in [2.24, 2.45) is 0 Å². The number of aryl methyl sites for hydroxylation is 1. The summed E-state index contributed by atoms with van der Waals surface area (Å²) < 4.78 is 5.40. The summed E-state index contributed by atoms with van der Waals surface area (Å²) in [7, 11) is 0. The predicted molar refractivity (Wildman–Crippen MR) is 83.6 cm³/mol. The summed E-state index contributed by atoms with van der Waals surface area (Å²) in [6.45, 7) is 3.65. The van der Waals surface area contributed by atoms with E-state index in [1.807, 2.05) is 6.07 Å². The van der Waals surface area contributed by atoms with Crippen LogP contribution in [0.4, 0.5) is 6.01 Å². The van der Waals surface area contributed by atoms with E-state index in [0.29, 0.717) is 12.5 Å². The standard InChI is InChI=1S/C13H17N3O2.2ClH/c1-8-4-5-10-12(16-13(14)18-10)11(8)9-3-2-6-15-17-7-9;;/h4-5,9,15H,2-3,6-7H2,1H3,(H2,14,16);2*1H. The molecule has 0 spiro atoms. The fraction of sp³-hybridized carbons (Fsp3) is 0.462. The Morgan fingerprint density at radius 1 is 1.35 bits per heavy atom. The van der Waals surface area contributed by atoms with Gasteiger partial charge in [-0.15, -0.1) is 24.8 Å². The van der Waals surface area contributed by atoms with Crippen LogP contribution in [-0.2, 0) is 4.84 Å². The summed E-state index contributed by atoms with van der Waals surface area (Å²) >= 11 is 0. The highest BCUT2D eigenvalue weighted by Gasteiger charge is 2.21. The van der Waals surface area contributed by atoms with Crippen molar-refractivity contribution in [1.82, 2.24) is 10.5 Å². The van der Waals surface area contributed by atoms with Crippen LogP contribution < -0.4 is 11.2 Å². The van der Waals surface area contributed by atoms with Gasteiger partial charge in [0.25, 0.3) is 6.01 Å². The maximum absolute atomic E-state index is 5.65. The molecule has 1 aliphatic heterocycles. The quantitative estimate of drug-likeness (QED) is 0.845. The molecule has 1 fully saturated rings. The zero-order valence-corrected chi connectivity index (χ0v) is 12.9. The number of halogens is 2. The van der Waals surface area contributed by atoms with E-state index in [4.69, 9.17) is 15.0 Å². The minimum atomic E-state index is 0. The fourth-order valence-electron chi connectivity index (χ4n) is 2.61. The first kappa shape index (κ1) is 17.0. The summed E-state index contributed by atoms with van der Waals surface area (Å²) in [6, 6.07) is 4.21. The number of hydroxylamine groups is 1. The number of rotatable bonds is 1. The number of nitrogens with one attached hydrogen (secondary N) is 1. The van der Waals surface area contributed by atoms with Crippen molar-refractivity contribution in [3.8, 4) is 0 Å². The average Bonchev–Trinajstić information content (AvgIpc) is 2.57. The van der Waals surface area contributed by atoms with E-state index in [9.17, 15) is 0 Å². The highest BCUT2D eigenvalue weighted by Crippen LogP contribution is 2.33. The normalized spacial score (nSPS) is 18.9. The van der Waals surface area contributed by atoms with Crippen molar-refractivity contribution in [3.05, 3.63) is 23.3 Å². The molecule has 1 unspecified atom stereocenters. The van der Waals surface area contributed by atoms with Crippen LogP contribution in [0.3, 0.4) is 0 Å². The van der Waals surface area contributed by atoms with Crippen LogP contribution in [-0.4, -0.2) is 18.1 Å². The first-order chi connectivity index (χ1) is 8.75. The van der Waals surface area contributed by atoms with Crippen LogP contribution in [0.25, 0.3) is 11.1 Å². The first-order valence-corrected chi connectivity index (χ1v) is 6.26. The van der Waals surface area contributed by atoms with Crippen LogP contribution in [0.1, 0.15) is 29.9 Å². The van der Waals surface area contributed by atoms with Crippen molar-refractivity contribution in [3.63, 3.8) is 0 Å². The number of nitrogens with two attached hydrogens (primary N) is 1. The predicted octanol–water partition coefficient (Wildman–Crippen LogP) is 2.96. The van der Waals surface area contributed by atoms with Gasteiger partial charge >= 0.3 is 0 Å². The van der Waals surface area contributed by atoms with E-state index < -0.39 is 0 Å². The lowest BCUT2D eigenvalue weighted by atomic mass is 9.90. The molecule has 0 aliphatic carbocycles. The number of hydrogen-bond acceptors (Lipinski definition) is 5. The lowest BCUT2D eigenvalue weighted by Gasteiger charge is -2.16. The Hall–Kier alpha value is -1.01. The van der Waals surface area contributed by atoms with Gasteiger partial charge in [0.2, 0.25) is 0 Å². The molecule has 3 N–H and O–H groups in total. The van der Waals surface area contributed by atoms with Crippen molar-refractivity contribution in [2.75, 3.05) is 18.9 Å². The van der Waals surface area contributed by atoms with Gasteiger partial charge in [0.15, 0.2) is 5.58 Å². The molecule has 3 rings (SSSR count). The number of oxazole rings is 1. The maximum atomic E-state index is 5.65. The molecule has 1 aromatic heterocycles. The van der Waals surface area contributed by atoms with Gasteiger partial charge in [0.05, 0.1) is 6.61 Å². The first-order valence-electron chi connectivity index (χ1n) is 6.26. The van der Waals surface area contributed by atoms with Crippen LogP contribution >= 0.6 is 24.8 Å². The molecule has 5 nitrogen and oxygen atoms in total. The summed E-state index contributed by atoms with van der Waals surface area (Å²) in [6.07, 6.45) is 2.17. The largest absolute Gasteiger partial charge is 0.424 e. The molecular formula is C13H19Cl2N3O2. The Labute approximate surface area is 130 Å². The Bertz CT molecular complexity index is 566. The SMILES string of the molecule is Cc1ccc2oc(N)nc2c1C1CCCNOC1.Cl.Cl. The maximum Gasteiger partial charge on any atom is 0.292 e. The molecule has 2 heterocycles. The highest BCUT2D eigenvalue weighted by molar-refractivity contribution is 5.85. The second-order valence-electron chi connectivity index (χ2n) is 4.74.